The highest BCUT2D eigenvalue weighted by Crippen LogP contribution is 2.29. The molecule has 0 aliphatic heterocycles. The zero-order valence-electron chi connectivity index (χ0n) is 10.8. The first-order valence-electron chi connectivity index (χ1n) is 6.23. The molecule has 2 aromatic heterocycles. The summed E-state index contributed by atoms with van der Waals surface area (Å²) in [5.41, 5.74) is 1.84. The van der Waals surface area contributed by atoms with Gasteiger partial charge in [0.05, 0.1) is 21.1 Å². The van der Waals surface area contributed by atoms with E-state index in [0.29, 0.717) is 21.7 Å². The Morgan fingerprint density at radius 2 is 2.00 bits per heavy atom. The lowest BCUT2D eigenvalue weighted by Gasteiger charge is -2.11. The lowest BCUT2D eigenvalue weighted by molar-refractivity contribution is 1.01. The number of benzene rings is 1. The van der Waals surface area contributed by atoms with Crippen molar-refractivity contribution in [2.45, 2.75) is 6.92 Å². The Morgan fingerprint density at radius 1 is 1.20 bits per heavy atom. The Hall–Kier alpha value is -1.78. The lowest BCUT2D eigenvalue weighted by atomic mass is 10.3. The molecule has 3 rings (SSSR count). The van der Waals surface area contributed by atoms with Crippen LogP contribution in [0.25, 0.3) is 16.9 Å². The van der Waals surface area contributed by atoms with Crippen LogP contribution in [0.4, 0.5) is 5.82 Å². The predicted molar refractivity (Wildman–Crippen MR) is 83.0 cm³/mol. The molecule has 0 saturated heterocycles. The van der Waals surface area contributed by atoms with Gasteiger partial charge >= 0.3 is 0 Å². The van der Waals surface area contributed by atoms with Crippen LogP contribution in [0.1, 0.15) is 6.92 Å². The maximum atomic E-state index is 6.27. The van der Waals surface area contributed by atoms with Crippen molar-refractivity contribution in [2.24, 2.45) is 0 Å². The average molecular weight is 307 g/mol. The number of anilines is 1. The number of nitrogens with one attached hydrogen (secondary N) is 1. The molecule has 3 aromatic rings. The van der Waals surface area contributed by atoms with Gasteiger partial charge in [0.15, 0.2) is 5.82 Å². The summed E-state index contributed by atoms with van der Waals surface area (Å²) >= 11 is 12.4. The molecule has 6 heteroatoms. The first-order valence-corrected chi connectivity index (χ1v) is 6.98. The van der Waals surface area contributed by atoms with Crippen molar-refractivity contribution in [1.29, 1.82) is 0 Å². The normalized spacial score (nSPS) is 10.9. The van der Waals surface area contributed by atoms with Crippen molar-refractivity contribution >= 4 is 40.1 Å². The number of rotatable bonds is 3. The molecule has 0 spiro atoms. The maximum absolute atomic E-state index is 6.27. The molecule has 1 aromatic carbocycles. The Kier molecular flexibility index (Phi) is 3.51. The fourth-order valence-corrected chi connectivity index (χ4v) is 2.56. The van der Waals surface area contributed by atoms with Crippen LogP contribution in [-0.2, 0) is 0 Å². The van der Waals surface area contributed by atoms with Crippen LogP contribution in [0.2, 0.25) is 10.0 Å². The van der Waals surface area contributed by atoms with Crippen molar-refractivity contribution in [3.05, 3.63) is 46.7 Å². The highest BCUT2D eigenvalue weighted by molar-refractivity contribution is 6.36. The molecule has 0 saturated carbocycles. The Labute approximate surface area is 126 Å². The Balaban J connectivity index is 2.21. The van der Waals surface area contributed by atoms with E-state index in [1.807, 2.05) is 35.8 Å². The molecular weight excluding hydrogens is 295 g/mol. The number of hydrogen-bond acceptors (Lipinski definition) is 3. The van der Waals surface area contributed by atoms with Gasteiger partial charge in [-0.15, -0.1) is 0 Å². The van der Waals surface area contributed by atoms with Gasteiger partial charge < -0.3 is 5.32 Å². The van der Waals surface area contributed by atoms with E-state index in [2.05, 4.69) is 15.3 Å². The van der Waals surface area contributed by atoms with Crippen LogP contribution in [0, 0.1) is 0 Å². The monoisotopic (exact) mass is 306 g/mol. The zero-order chi connectivity index (χ0) is 14.1. The van der Waals surface area contributed by atoms with E-state index in [4.69, 9.17) is 23.2 Å². The summed E-state index contributed by atoms with van der Waals surface area (Å²) in [7, 11) is 0. The van der Waals surface area contributed by atoms with Crippen LogP contribution >= 0.6 is 23.2 Å². The molecule has 0 bridgehead atoms. The molecule has 0 aliphatic carbocycles. The highest BCUT2D eigenvalue weighted by atomic mass is 35.5. The predicted octanol–water partition coefficient (Wildman–Crippen LogP) is 4.16. The third-order valence-electron chi connectivity index (χ3n) is 2.94. The molecule has 102 valence electrons. The number of halogens is 2. The first kappa shape index (κ1) is 13.2. The summed E-state index contributed by atoms with van der Waals surface area (Å²) in [5, 5.41) is 4.11. The van der Waals surface area contributed by atoms with Crippen molar-refractivity contribution in [2.75, 3.05) is 11.9 Å². The van der Waals surface area contributed by atoms with Gasteiger partial charge in [-0.25, -0.2) is 9.97 Å². The first-order chi connectivity index (χ1) is 9.70. The standard InChI is InChI=1S/C14H12Cl2N4/c1-2-17-13-9(15)7-10(16)14(19-13)20-8-18-11-5-3-4-6-12(11)20/h3-8H,2H2,1H3,(H,17,19). The topological polar surface area (TPSA) is 42.7 Å². The van der Waals surface area contributed by atoms with Crippen LogP contribution in [0.3, 0.4) is 0 Å². The third kappa shape index (κ3) is 2.21. The third-order valence-corrected chi connectivity index (χ3v) is 3.50. The Bertz CT molecular complexity index is 767. The number of imidazole rings is 1. The minimum absolute atomic E-state index is 0.486. The van der Waals surface area contributed by atoms with Gasteiger partial charge in [-0.2, -0.15) is 0 Å². The number of aromatic nitrogens is 3. The number of fused-ring (bicyclic) bond motifs is 1. The fraction of sp³-hybridized carbons (Fsp3) is 0.143. The van der Waals surface area contributed by atoms with Crippen LogP contribution in [0.15, 0.2) is 36.7 Å². The lowest BCUT2D eigenvalue weighted by Crippen LogP contribution is -2.04. The maximum Gasteiger partial charge on any atom is 0.159 e. The van der Waals surface area contributed by atoms with E-state index in [0.717, 1.165) is 17.6 Å². The van der Waals surface area contributed by atoms with Gasteiger partial charge in [0.2, 0.25) is 0 Å². The summed E-state index contributed by atoms with van der Waals surface area (Å²) in [6, 6.07) is 9.51. The van der Waals surface area contributed by atoms with Crippen LogP contribution < -0.4 is 5.32 Å². The van der Waals surface area contributed by atoms with Gasteiger partial charge in [0.1, 0.15) is 12.1 Å². The average Bonchev–Trinajstić information content (AvgIpc) is 2.86. The van der Waals surface area contributed by atoms with Crippen molar-refractivity contribution in [3.63, 3.8) is 0 Å². The van der Waals surface area contributed by atoms with Gasteiger partial charge in [-0.3, -0.25) is 4.57 Å². The van der Waals surface area contributed by atoms with E-state index in [-0.39, 0.29) is 0 Å². The summed E-state index contributed by atoms with van der Waals surface area (Å²) in [6.45, 7) is 2.72. The number of nitrogens with zero attached hydrogens (tertiary/aromatic N) is 3. The second-order valence-corrected chi connectivity index (χ2v) is 5.07. The van der Waals surface area contributed by atoms with Crippen molar-refractivity contribution < 1.29 is 0 Å². The number of para-hydroxylation sites is 2. The van der Waals surface area contributed by atoms with Crippen molar-refractivity contribution in [3.8, 4) is 5.82 Å². The second kappa shape index (κ2) is 5.31. The summed E-state index contributed by atoms with van der Waals surface area (Å²) in [5.74, 6) is 1.23. The van der Waals surface area contributed by atoms with Gasteiger partial charge in [-0.05, 0) is 25.1 Å². The molecule has 2 heterocycles. The van der Waals surface area contributed by atoms with E-state index in [9.17, 15) is 0 Å². The molecule has 20 heavy (non-hydrogen) atoms. The summed E-state index contributed by atoms with van der Waals surface area (Å²) < 4.78 is 1.86. The van der Waals surface area contributed by atoms with E-state index in [1.165, 1.54) is 0 Å². The highest BCUT2D eigenvalue weighted by Gasteiger charge is 2.13. The zero-order valence-corrected chi connectivity index (χ0v) is 12.3. The quantitative estimate of drug-likeness (QED) is 0.790. The smallest absolute Gasteiger partial charge is 0.159 e. The fourth-order valence-electron chi connectivity index (χ4n) is 2.05. The minimum atomic E-state index is 0.486. The molecule has 0 aliphatic rings. The van der Waals surface area contributed by atoms with E-state index < -0.39 is 0 Å². The molecule has 0 atom stereocenters. The van der Waals surface area contributed by atoms with Gasteiger partial charge in [-0.1, -0.05) is 35.3 Å². The van der Waals surface area contributed by atoms with Gasteiger partial charge in [0.25, 0.3) is 0 Å². The number of hydrogen-bond donors (Lipinski definition) is 1. The van der Waals surface area contributed by atoms with Crippen LogP contribution in [0.5, 0.6) is 0 Å². The molecular formula is C14H12Cl2N4. The summed E-state index contributed by atoms with van der Waals surface area (Å²) in [4.78, 5) is 8.85. The van der Waals surface area contributed by atoms with E-state index in [1.54, 1.807) is 12.4 Å². The second-order valence-electron chi connectivity index (χ2n) is 4.26. The molecule has 0 radical (unpaired) electrons. The molecule has 0 amide bonds. The summed E-state index contributed by atoms with van der Waals surface area (Å²) in [6.07, 6.45) is 1.71. The van der Waals surface area contributed by atoms with Crippen molar-refractivity contribution in [1.82, 2.24) is 14.5 Å². The number of pyridine rings is 1. The molecule has 1 N–H and O–H groups in total. The van der Waals surface area contributed by atoms with E-state index >= 15 is 0 Å². The largest absolute Gasteiger partial charge is 0.369 e. The minimum Gasteiger partial charge on any atom is -0.369 e. The molecule has 0 fully saturated rings. The van der Waals surface area contributed by atoms with Crippen LogP contribution in [-0.4, -0.2) is 21.1 Å². The molecule has 0 unspecified atom stereocenters. The van der Waals surface area contributed by atoms with Gasteiger partial charge in [0, 0.05) is 6.54 Å². The SMILES string of the molecule is CCNc1nc(-n2cnc3ccccc32)c(Cl)cc1Cl. The molecule has 4 nitrogen and oxygen atoms in total. The Morgan fingerprint density at radius 3 is 2.80 bits per heavy atom.